The molecule has 5 radical (unpaired) electrons. The van der Waals surface area contributed by atoms with E-state index in [9.17, 15) is 0 Å². The van der Waals surface area contributed by atoms with E-state index < -0.39 is 0 Å². The van der Waals surface area contributed by atoms with E-state index in [1.807, 2.05) is 0 Å². The molecule has 0 saturated carbocycles. The third-order valence-electron chi connectivity index (χ3n) is 0. The van der Waals surface area contributed by atoms with Crippen LogP contribution in [0.3, 0.4) is 0 Å². The smallest absolute Gasteiger partial charge is 0 e. The molecule has 0 N–H and O–H groups in total. The topological polar surface area (TPSA) is 0 Å². The van der Waals surface area contributed by atoms with Crippen LogP contribution >= 0.6 is 0 Å². The molecule has 5 heavy (non-hydrogen) atoms. The Bertz CT molecular complexity index is 11.6. The van der Waals surface area contributed by atoms with Gasteiger partial charge in [0, 0.05) is 95.9 Å². The molecule has 0 aliphatic heterocycles. The number of hydrogen-bond acceptors (Lipinski definition) is 0. The van der Waals surface area contributed by atoms with Gasteiger partial charge in [-0.2, -0.15) is 0 Å². The standard InChI is InChI=1S/Al.Cr.Cu.Nb.Ti. The molecule has 0 fully saturated rings. The largest absolute Gasteiger partial charge is 0 e. The zero-order valence-corrected chi connectivity index (χ0v) is 9.37. The summed E-state index contributed by atoms with van der Waals surface area (Å²) < 4.78 is 0. The van der Waals surface area contributed by atoms with Crippen molar-refractivity contribution in [2.24, 2.45) is 0 Å². The van der Waals surface area contributed by atoms with Crippen LogP contribution in [0.5, 0.6) is 0 Å². The van der Waals surface area contributed by atoms with Crippen LogP contribution in [0.25, 0.3) is 0 Å². The van der Waals surface area contributed by atoms with Crippen LogP contribution in [0, 0.1) is 0 Å². The quantitative estimate of drug-likeness (QED) is 0.531. The molecule has 0 saturated heterocycles. The summed E-state index contributed by atoms with van der Waals surface area (Å²) in [6.45, 7) is 0. The summed E-state index contributed by atoms with van der Waals surface area (Å²) in [6.07, 6.45) is 0. The Labute approximate surface area is 94.4 Å². The van der Waals surface area contributed by atoms with E-state index >= 15 is 0 Å². The molecule has 0 aliphatic rings. The maximum Gasteiger partial charge on any atom is 0 e. The van der Waals surface area contributed by atoms with Crippen LogP contribution in [0.4, 0.5) is 0 Å². The zero-order valence-electron chi connectivity index (χ0n) is 2.23. The van der Waals surface area contributed by atoms with Crippen molar-refractivity contribution in [3.63, 3.8) is 0 Å². The molecule has 0 aromatic rings. The molecule has 0 nitrogen and oxygen atoms in total. The summed E-state index contributed by atoms with van der Waals surface area (Å²) in [7, 11) is 0. The summed E-state index contributed by atoms with van der Waals surface area (Å²) in [5.41, 5.74) is 0. The van der Waals surface area contributed by atoms with Crippen LogP contribution in [0.1, 0.15) is 0 Å². The Kier molecular flexibility index (Phi) is 240. The van der Waals surface area contributed by atoms with Crippen molar-refractivity contribution in [2.45, 2.75) is 0 Å². The van der Waals surface area contributed by atoms with E-state index in [0.29, 0.717) is 0 Å². The average molecular weight is 283 g/mol. The summed E-state index contributed by atoms with van der Waals surface area (Å²) >= 11 is 0. The van der Waals surface area contributed by atoms with Crippen molar-refractivity contribution in [1.82, 2.24) is 0 Å². The van der Waals surface area contributed by atoms with Crippen molar-refractivity contribution in [3.8, 4) is 0 Å². The Morgan fingerprint density at radius 2 is 1.00 bits per heavy atom. The predicted molar refractivity (Wildman–Crippen MR) is 5.75 cm³/mol. The van der Waals surface area contributed by atoms with Crippen molar-refractivity contribution in [2.75, 3.05) is 0 Å². The van der Waals surface area contributed by atoms with Crippen LogP contribution in [-0.4, -0.2) is 17.4 Å². The molecule has 0 aromatic carbocycles. The van der Waals surface area contributed by atoms with Crippen molar-refractivity contribution in [1.29, 1.82) is 0 Å². The molecule has 0 unspecified atom stereocenters. The Balaban J connectivity index is 0. The fourth-order valence-corrected chi connectivity index (χ4v) is 0. The first-order chi connectivity index (χ1) is 0. The molecular formula is AlCrCuNbTi. The molecular weight excluding hydrogens is 283 g/mol. The van der Waals surface area contributed by atoms with E-state index in [-0.39, 0.29) is 95.9 Å². The fraction of sp³-hybridized carbons (Fsp3) is 0. The minimum atomic E-state index is 0. The van der Waals surface area contributed by atoms with E-state index in [1.54, 1.807) is 0 Å². The van der Waals surface area contributed by atoms with Gasteiger partial charge in [-0.15, -0.1) is 0 Å². The molecule has 0 atom stereocenters. The van der Waals surface area contributed by atoms with Gasteiger partial charge in [0.25, 0.3) is 0 Å². The van der Waals surface area contributed by atoms with Gasteiger partial charge in [-0.05, 0) is 0 Å². The van der Waals surface area contributed by atoms with E-state index in [4.69, 9.17) is 0 Å². The monoisotopic (exact) mass is 283 g/mol. The number of hydrogen-bond donors (Lipinski definition) is 0. The van der Waals surface area contributed by atoms with Gasteiger partial charge < -0.3 is 0 Å². The SMILES string of the molecule is [Al].[Cr].[Cu].[Nb].[Ti]. The van der Waals surface area contributed by atoms with E-state index in [0.717, 1.165) is 0 Å². The van der Waals surface area contributed by atoms with E-state index in [2.05, 4.69) is 0 Å². The maximum atomic E-state index is 0. The first kappa shape index (κ1) is 43.1. The third-order valence-corrected chi connectivity index (χ3v) is 0. The van der Waals surface area contributed by atoms with Gasteiger partial charge in [0.2, 0.25) is 0 Å². The van der Waals surface area contributed by atoms with Crippen LogP contribution in [0.15, 0.2) is 0 Å². The summed E-state index contributed by atoms with van der Waals surface area (Å²) in [4.78, 5) is 0. The molecule has 0 rings (SSSR count). The van der Waals surface area contributed by atoms with Gasteiger partial charge in [-0.25, -0.2) is 0 Å². The van der Waals surface area contributed by atoms with Gasteiger partial charge in [0.1, 0.15) is 0 Å². The normalized spacial score (nSPS) is 0. The number of rotatable bonds is 0. The van der Waals surface area contributed by atoms with Crippen LogP contribution in [-0.2, 0) is 78.5 Å². The first-order valence-corrected chi connectivity index (χ1v) is 0. The average Bonchev–Trinajstić information content (AvgIpc) is 0. The molecule has 0 bridgehead atoms. The molecule has 0 aromatic heterocycles. The summed E-state index contributed by atoms with van der Waals surface area (Å²) in [5, 5.41) is 0. The van der Waals surface area contributed by atoms with Gasteiger partial charge in [-0.3, -0.25) is 0 Å². The van der Waals surface area contributed by atoms with Gasteiger partial charge >= 0.3 is 0 Å². The van der Waals surface area contributed by atoms with Gasteiger partial charge in [0.05, 0.1) is 0 Å². The molecule has 0 aliphatic carbocycles. The molecule has 29 valence electrons. The predicted octanol–water partition coefficient (Wildman–Crippen LogP) is -0.391. The van der Waals surface area contributed by atoms with Crippen molar-refractivity contribution in [3.05, 3.63) is 0 Å². The van der Waals surface area contributed by atoms with Crippen molar-refractivity contribution >= 4 is 17.4 Å². The second-order valence-corrected chi connectivity index (χ2v) is 0. The Hall–Kier alpha value is 3.04. The first-order valence-electron chi connectivity index (χ1n) is 0. The molecule has 0 heterocycles. The van der Waals surface area contributed by atoms with E-state index in [1.165, 1.54) is 0 Å². The Morgan fingerprint density at radius 1 is 1.00 bits per heavy atom. The van der Waals surface area contributed by atoms with Gasteiger partial charge in [0.15, 0.2) is 0 Å². The summed E-state index contributed by atoms with van der Waals surface area (Å²) in [6, 6.07) is 0. The molecule has 5 heteroatoms. The molecule has 0 spiro atoms. The second-order valence-electron chi connectivity index (χ2n) is 0. The maximum absolute atomic E-state index is 0. The van der Waals surface area contributed by atoms with Crippen molar-refractivity contribution < 1.29 is 78.5 Å². The minimum absolute atomic E-state index is 0. The second kappa shape index (κ2) is 27.8. The molecule has 0 amide bonds. The summed E-state index contributed by atoms with van der Waals surface area (Å²) in [5.74, 6) is 0. The zero-order chi connectivity index (χ0) is 0. The Morgan fingerprint density at radius 3 is 1.00 bits per heavy atom. The van der Waals surface area contributed by atoms with Gasteiger partial charge in [-0.1, -0.05) is 0 Å². The fourth-order valence-electron chi connectivity index (χ4n) is 0. The van der Waals surface area contributed by atoms with Crippen LogP contribution < -0.4 is 0 Å². The van der Waals surface area contributed by atoms with Crippen LogP contribution in [0.2, 0.25) is 0 Å². The minimum Gasteiger partial charge on any atom is 0 e. The third kappa shape index (κ3) is 19.4.